The molecule has 27 heavy (non-hydrogen) atoms. The summed E-state index contributed by atoms with van der Waals surface area (Å²) >= 11 is 0. The molecule has 2 aliphatic rings. The fourth-order valence-electron chi connectivity index (χ4n) is 3.60. The van der Waals surface area contributed by atoms with Crippen molar-refractivity contribution in [2.45, 2.75) is 20.8 Å². The van der Waals surface area contributed by atoms with Gasteiger partial charge in [0.2, 0.25) is 5.96 Å². The molecule has 2 aromatic carbocycles. The maximum absolute atomic E-state index is 13.4. The number of fused-ring (bicyclic) bond motifs is 3. The van der Waals surface area contributed by atoms with Crippen LogP contribution in [0.5, 0.6) is 5.75 Å². The van der Waals surface area contributed by atoms with Crippen LogP contribution in [0.15, 0.2) is 58.1 Å². The highest BCUT2D eigenvalue weighted by molar-refractivity contribution is 6.43. The van der Waals surface area contributed by atoms with Crippen molar-refractivity contribution < 1.29 is 9.90 Å². The van der Waals surface area contributed by atoms with E-state index in [4.69, 9.17) is 9.98 Å². The van der Waals surface area contributed by atoms with Crippen molar-refractivity contribution in [3.05, 3.63) is 70.4 Å². The number of hydrogen-bond acceptors (Lipinski definition) is 5. The molecule has 136 valence electrons. The van der Waals surface area contributed by atoms with Crippen LogP contribution in [0.2, 0.25) is 0 Å². The molecule has 0 aromatic heterocycles. The maximum Gasteiger partial charge on any atom is 0.226 e. The second kappa shape index (κ2) is 6.50. The molecule has 1 aliphatic heterocycles. The minimum absolute atomic E-state index is 0.0854. The van der Waals surface area contributed by atoms with Crippen LogP contribution in [0.1, 0.15) is 40.9 Å². The fourth-order valence-corrected chi connectivity index (χ4v) is 3.60. The van der Waals surface area contributed by atoms with E-state index in [1.54, 1.807) is 12.1 Å². The quantitative estimate of drug-likeness (QED) is 0.906. The molecule has 0 radical (unpaired) electrons. The van der Waals surface area contributed by atoms with E-state index in [1.807, 2.05) is 37.3 Å². The fraction of sp³-hybridized carbons (Fsp3) is 0.227. The van der Waals surface area contributed by atoms with Gasteiger partial charge in [0.15, 0.2) is 5.78 Å². The Bertz CT molecular complexity index is 1040. The molecule has 0 saturated carbocycles. The summed E-state index contributed by atoms with van der Waals surface area (Å²) in [5.74, 6) is 0.669. The van der Waals surface area contributed by atoms with Crippen LogP contribution in [0.25, 0.3) is 5.57 Å². The number of carbonyl (C=O) groups excluding carboxylic acids is 1. The van der Waals surface area contributed by atoms with Gasteiger partial charge in [-0.05, 0) is 44.0 Å². The Kier molecular flexibility index (Phi) is 4.15. The highest BCUT2D eigenvalue weighted by Crippen LogP contribution is 2.38. The first-order chi connectivity index (χ1) is 13.0. The van der Waals surface area contributed by atoms with E-state index in [1.165, 1.54) is 0 Å². The highest BCUT2D eigenvalue weighted by Gasteiger charge is 2.35. The van der Waals surface area contributed by atoms with E-state index >= 15 is 0 Å². The number of benzene rings is 2. The van der Waals surface area contributed by atoms with Gasteiger partial charge in [-0.2, -0.15) is 0 Å². The van der Waals surface area contributed by atoms with Gasteiger partial charge < -0.3 is 10.0 Å². The summed E-state index contributed by atoms with van der Waals surface area (Å²) in [5.41, 5.74) is 4.86. The van der Waals surface area contributed by atoms with Gasteiger partial charge in [-0.1, -0.05) is 30.3 Å². The second-order valence-electron chi connectivity index (χ2n) is 6.64. The van der Waals surface area contributed by atoms with Gasteiger partial charge >= 0.3 is 0 Å². The van der Waals surface area contributed by atoms with E-state index in [0.29, 0.717) is 28.4 Å². The molecular formula is C22H21N3O2. The van der Waals surface area contributed by atoms with E-state index in [0.717, 1.165) is 29.9 Å². The first-order valence-electron chi connectivity index (χ1n) is 9.16. The Morgan fingerprint density at radius 1 is 0.963 bits per heavy atom. The lowest BCUT2D eigenvalue weighted by molar-refractivity contribution is 0.105. The van der Waals surface area contributed by atoms with E-state index < -0.39 is 0 Å². The number of carbonyl (C=O) groups is 1. The average Bonchev–Trinajstić information content (AvgIpc) is 3.10. The molecule has 5 heteroatoms. The lowest BCUT2D eigenvalue weighted by Crippen LogP contribution is -2.28. The normalized spacial score (nSPS) is 15.3. The molecule has 0 unspecified atom stereocenters. The molecule has 1 heterocycles. The Morgan fingerprint density at radius 2 is 1.67 bits per heavy atom. The van der Waals surface area contributed by atoms with Gasteiger partial charge in [0.05, 0.1) is 5.57 Å². The monoisotopic (exact) mass is 359 g/mol. The topological polar surface area (TPSA) is 65.3 Å². The van der Waals surface area contributed by atoms with Crippen LogP contribution in [0.3, 0.4) is 0 Å². The Morgan fingerprint density at radius 3 is 2.37 bits per heavy atom. The van der Waals surface area contributed by atoms with Crippen molar-refractivity contribution in [1.82, 2.24) is 4.90 Å². The third-order valence-corrected chi connectivity index (χ3v) is 5.08. The van der Waals surface area contributed by atoms with Gasteiger partial charge in [-0.15, -0.1) is 0 Å². The Balaban J connectivity index is 2.01. The lowest BCUT2D eigenvalue weighted by Gasteiger charge is -2.20. The van der Waals surface area contributed by atoms with Gasteiger partial charge in [-0.3, -0.25) is 4.79 Å². The van der Waals surface area contributed by atoms with Gasteiger partial charge in [0.1, 0.15) is 17.2 Å². The number of allylic oxidation sites excluding steroid dienone is 2. The highest BCUT2D eigenvalue weighted by atomic mass is 16.3. The summed E-state index contributed by atoms with van der Waals surface area (Å²) in [7, 11) is 0. The van der Waals surface area contributed by atoms with Crippen LogP contribution in [-0.2, 0) is 0 Å². The standard InChI is InChI=1S/C22H21N3O2/c1-4-25(5-2)22-23-19-15-8-6-7-9-16(15)21(27)18(20(19)24-22)17-12-14(26)11-10-13(17)3/h6-12,26H,4-5H2,1-3H3. The first-order valence-corrected chi connectivity index (χ1v) is 9.16. The zero-order chi connectivity index (χ0) is 19.1. The zero-order valence-corrected chi connectivity index (χ0v) is 15.7. The Labute approximate surface area is 158 Å². The number of ketones is 1. The molecular weight excluding hydrogens is 338 g/mol. The smallest absolute Gasteiger partial charge is 0.226 e. The van der Waals surface area contributed by atoms with Gasteiger partial charge in [-0.25, -0.2) is 9.98 Å². The molecule has 1 aliphatic carbocycles. The molecule has 5 nitrogen and oxygen atoms in total. The van der Waals surface area contributed by atoms with Crippen LogP contribution < -0.4 is 0 Å². The number of phenolic OH excluding ortho intramolecular Hbond substituents is 1. The van der Waals surface area contributed by atoms with Crippen molar-refractivity contribution in [1.29, 1.82) is 0 Å². The molecule has 0 saturated heterocycles. The van der Waals surface area contributed by atoms with Crippen molar-refractivity contribution in [3.63, 3.8) is 0 Å². The van der Waals surface area contributed by atoms with E-state index in [9.17, 15) is 9.90 Å². The summed E-state index contributed by atoms with van der Waals surface area (Å²) < 4.78 is 0. The van der Waals surface area contributed by atoms with Crippen molar-refractivity contribution in [2.24, 2.45) is 9.98 Å². The predicted octanol–water partition coefficient (Wildman–Crippen LogP) is 3.81. The molecule has 0 bridgehead atoms. The minimum Gasteiger partial charge on any atom is -0.508 e. The van der Waals surface area contributed by atoms with Crippen molar-refractivity contribution >= 4 is 23.0 Å². The molecule has 0 amide bonds. The number of aromatic hydroxyl groups is 1. The maximum atomic E-state index is 13.4. The zero-order valence-electron chi connectivity index (χ0n) is 15.7. The number of guanidine groups is 1. The summed E-state index contributed by atoms with van der Waals surface area (Å²) in [6.07, 6.45) is 0. The third kappa shape index (κ3) is 2.67. The summed E-state index contributed by atoms with van der Waals surface area (Å²) in [5, 5.41) is 10.00. The number of phenols is 1. The molecule has 0 fully saturated rings. The van der Waals surface area contributed by atoms with Gasteiger partial charge in [0.25, 0.3) is 0 Å². The minimum atomic E-state index is -0.0854. The molecule has 0 spiro atoms. The molecule has 1 N–H and O–H groups in total. The number of rotatable bonds is 3. The van der Waals surface area contributed by atoms with Crippen LogP contribution in [0, 0.1) is 6.92 Å². The van der Waals surface area contributed by atoms with E-state index in [2.05, 4.69) is 18.7 Å². The number of Topliss-reactive ketones (excluding diaryl/α,β-unsaturated/α-hetero) is 1. The van der Waals surface area contributed by atoms with Crippen molar-refractivity contribution in [2.75, 3.05) is 13.1 Å². The Hall–Kier alpha value is -3.21. The number of aryl methyl sites for hydroxylation is 1. The molecule has 2 aromatic rings. The van der Waals surface area contributed by atoms with Crippen molar-refractivity contribution in [3.8, 4) is 5.75 Å². The SMILES string of the molecule is CCN(CC)C1=NC2=C(c3cc(O)ccc3C)C(=O)c3ccccc3C2=N1. The van der Waals surface area contributed by atoms with Gasteiger partial charge in [0, 0.05) is 24.2 Å². The third-order valence-electron chi connectivity index (χ3n) is 5.08. The summed E-state index contributed by atoms with van der Waals surface area (Å²) in [6.45, 7) is 7.62. The second-order valence-corrected chi connectivity index (χ2v) is 6.64. The largest absolute Gasteiger partial charge is 0.508 e. The summed E-state index contributed by atoms with van der Waals surface area (Å²) in [4.78, 5) is 25.0. The number of nitrogens with zero attached hydrogens (tertiary/aromatic N) is 3. The average molecular weight is 359 g/mol. The predicted molar refractivity (Wildman–Crippen MR) is 107 cm³/mol. The molecule has 4 rings (SSSR count). The number of aliphatic imine (C=N–C) groups is 2. The van der Waals surface area contributed by atoms with Crippen LogP contribution >= 0.6 is 0 Å². The lowest BCUT2D eigenvalue weighted by atomic mass is 9.82. The number of hydrogen-bond donors (Lipinski definition) is 1. The first kappa shape index (κ1) is 17.2. The summed E-state index contributed by atoms with van der Waals surface area (Å²) in [6, 6.07) is 12.6. The van der Waals surface area contributed by atoms with Crippen LogP contribution in [-0.4, -0.2) is 40.6 Å². The van der Waals surface area contributed by atoms with Crippen LogP contribution in [0.4, 0.5) is 0 Å². The van der Waals surface area contributed by atoms with E-state index in [-0.39, 0.29) is 11.5 Å². The molecule has 0 atom stereocenters.